The number of aliphatic hydroxyl groups is 1. The third-order valence-corrected chi connectivity index (χ3v) is 6.46. The van der Waals surface area contributed by atoms with Gasteiger partial charge in [0.2, 0.25) is 0 Å². The lowest BCUT2D eigenvalue weighted by Crippen LogP contribution is -2.54. The second-order valence-corrected chi connectivity index (χ2v) is 8.93. The minimum Gasteiger partial charge on any atom is -0.389 e. The second-order valence-electron chi connectivity index (χ2n) is 8.49. The van der Waals surface area contributed by atoms with E-state index in [1.54, 1.807) is 84.9 Å². The molecule has 3 aromatic carbocycles. The number of ketones is 3. The Kier molecular flexibility index (Phi) is 6.09. The molecule has 0 heterocycles. The van der Waals surface area contributed by atoms with Gasteiger partial charge in [0.15, 0.2) is 11.6 Å². The molecule has 0 saturated heterocycles. The van der Waals surface area contributed by atoms with Gasteiger partial charge >= 0.3 is 0 Å². The van der Waals surface area contributed by atoms with Crippen LogP contribution in [-0.2, 0) is 4.79 Å². The Bertz CT molecular complexity index is 1140. The molecule has 162 valence electrons. The molecule has 0 radical (unpaired) electrons. The SMILES string of the molecule is C[C@]1(O)CC(=O)[C@H](C(=O)c2ccccc2)[C@@H](c2ccc(Cl)cc2)[C@H]1C(=O)c1ccccc1. The molecule has 0 unspecified atom stereocenters. The summed E-state index contributed by atoms with van der Waals surface area (Å²) in [7, 11) is 0. The Morgan fingerprint density at radius 1 is 0.844 bits per heavy atom. The van der Waals surface area contributed by atoms with Crippen molar-refractivity contribution in [2.24, 2.45) is 11.8 Å². The summed E-state index contributed by atoms with van der Waals surface area (Å²) in [5.41, 5.74) is -0.164. The fourth-order valence-corrected chi connectivity index (χ4v) is 4.87. The zero-order chi connectivity index (χ0) is 22.9. The van der Waals surface area contributed by atoms with E-state index < -0.39 is 23.4 Å². The van der Waals surface area contributed by atoms with Crippen molar-refractivity contribution in [3.63, 3.8) is 0 Å². The van der Waals surface area contributed by atoms with E-state index in [2.05, 4.69) is 0 Å². The Hall–Kier alpha value is -3.08. The van der Waals surface area contributed by atoms with Gasteiger partial charge in [0.1, 0.15) is 5.78 Å². The van der Waals surface area contributed by atoms with Gasteiger partial charge in [0, 0.05) is 28.5 Å². The fourth-order valence-electron chi connectivity index (χ4n) is 4.74. The largest absolute Gasteiger partial charge is 0.389 e. The molecule has 1 fully saturated rings. The molecule has 4 atom stereocenters. The molecule has 4 rings (SSSR count). The molecule has 1 saturated carbocycles. The average molecular weight is 447 g/mol. The van der Waals surface area contributed by atoms with Crippen LogP contribution in [0.25, 0.3) is 0 Å². The summed E-state index contributed by atoms with van der Waals surface area (Å²) in [5.74, 6) is -3.92. The van der Waals surface area contributed by atoms with E-state index in [1.165, 1.54) is 6.92 Å². The zero-order valence-corrected chi connectivity index (χ0v) is 18.3. The van der Waals surface area contributed by atoms with E-state index in [-0.39, 0.29) is 23.8 Å². The first-order chi connectivity index (χ1) is 15.3. The fraction of sp³-hybridized carbons (Fsp3) is 0.222. The van der Waals surface area contributed by atoms with Crippen molar-refractivity contribution in [2.45, 2.75) is 24.9 Å². The monoisotopic (exact) mass is 446 g/mol. The van der Waals surface area contributed by atoms with Gasteiger partial charge in [-0.05, 0) is 24.6 Å². The molecular formula is C27H23ClO4. The summed E-state index contributed by atoms with van der Waals surface area (Å²) in [5, 5.41) is 11.8. The maximum absolute atomic E-state index is 13.7. The average Bonchev–Trinajstić information content (AvgIpc) is 2.79. The molecule has 5 heteroatoms. The molecular weight excluding hydrogens is 424 g/mol. The summed E-state index contributed by atoms with van der Waals surface area (Å²) in [6.45, 7) is 1.50. The minimum atomic E-state index is -1.61. The van der Waals surface area contributed by atoms with Gasteiger partial charge in [-0.15, -0.1) is 0 Å². The smallest absolute Gasteiger partial charge is 0.173 e. The molecule has 0 bridgehead atoms. The van der Waals surface area contributed by atoms with Crippen LogP contribution in [0.4, 0.5) is 0 Å². The molecule has 0 spiro atoms. The maximum Gasteiger partial charge on any atom is 0.173 e. The van der Waals surface area contributed by atoms with Crippen LogP contribution in [0.2, 0.25) is 5.02 Å². The Labute approximate surface area is 191 Å². The first kappa shape index (κ1) is 22.1. The van der Waals surface area contributed by atoms with Crippen molar-refractivity contribution in [3.05, 3.63) is 107 Å². The third kappa shape index (κ3) is 4.16. The van der Waals surface area contributed by atoms with E-state index in [9.17, 15) is 19.5 Å². The van der Waals surface area contributed by atoms with Crippen LogP contribution in [0, 0.1) is 11.8 Å². The van der Waals surface area contributed by atoms with Crippen LogP contribution in [0.15, 0.2) is 84.9 Å². The Morgan fingerprint density at radius 2 is 1.34 bits per heavy atom. The molecule has 1 N–H and O–H groups in total. The summed E-state index contributed by atoms with van der Waals surface area (Å²) in [6, 6.07) is 24.0. The highest BCUT2D eigenvalue weighted by Crippen LogP contribution is 2.48. The molecule has 0 amide bonds. The number of hydrogen-bond acceptors (Lipinski definition) is 4. The Balaban J connectivity index is 1.89. The number of Topliss-reactive ketones (excluding diaryl/α,β-unsaturated/α-hetero) is 3. The number of carbonyl (C=O) groups is 3. The molecule has 0 aliphatic heterocycles. The second kappa shape index (κ2) is 8.81. The van der Waals surface area contributed by atoms with Gasteiger partial charge in [-0.3, -0.25) is 14.4 Å². The van der Waals surface area contributed by atoms with Gasteiger partial charge < -0.3 is 5.11 Å². The van der Waals surface area contributed by atoms with E-state index >= 15 is 0 Å². The predicted molar refractivity (Wildman–Crippen MR) is 123 cm³/mol. The van der Waals surface area contributed by atoms with E-state index in [4.69, 9.17) is 11.6 Å². The van der Waals surface area contributed by atoms with Gasteiger partial charge in [-0.2, -0.15) is 0 Å². The molecule has 4 nitrogen and oxygen atoms in total. The maximum atomic E-state index is 13.7. The van der Waals surface area contributed by atoms with Crippen LogP contribution < -0.4 is 0 Å². The predicted octanol–water partition coefficient (Wildman–Crippen LogP) is 5.15. The summed E-state index contributed by atoms with van der Waals surface area (Å²) in [6.07, 6.45) is -0.274. The van der Waals surface area contributed by atoms with Crippen molar-refractivity contribution in [1.29, 1.82) is 0 Å². The van der Waals surface area contributed by atoms with Crippen molar-refractivity contribution in [3.8, 4) is 0 Å². The van der Waals surface area contributed by atoms with Crippen LogP contribution in [0.3, 0.4) is 0 Å². The summed E-state index contributed by atoms with van der Waals surface area (Å²) < 4.78 is 0. The highest BCUT2D eigenvalue weighted by atomic mass is 35.5. The van der Waals surface area contributed by atoms with Crippen LogP contribution in [0.1, 0.15) is 45.5 Å². The van der Waals surface area contributed by atoms with Gasteiger partial charge in [-0.25, -0.2) is 0 Å². The highest BCUT2D eigenvalue weighted by Gasteiger charge is 2.55. The molecule has 3 aromatic rings. The van der Waals surface area contributed by atoms with E-state index in [1.807, 2.05) is 0 Å². The highest BCUT2D eigenvalue weighted by molar-refractivity contribution is 6.30. The number of carbonyl (C=O) groups excluding carboxylic acids is 3. The lowest BCUT2D eigenvalue weighted by Gasteiger charge is -2.45. The number of halogens is 1. The van der Waals surface area contributed by atoms with E-state index in [0.29, 0.717) is 21.7 Å². The number of rotatable bonds is 5. The van der Waals surface area contributed by atoms with Crippen molar-refractivity contribution in [2.75, 3.05) is 0 Å². The first-order valence-corrected chi connectivity index (χ1v) is 10.9. The summed E-state index contributed by atoms with van der Waals surface area (Å²) in [4.78, 5) is 40.5. The minimum absolute atomic E-state index is 0.274. The topological polar surface area (TPSA) is 71.4 Å². The quantitative estimate of drug-likeness (QED) is 0.435. The molecule has 1 aliphatic carbocycles. The van der Waals surface area contributed by atoms with Crippen molar-refractivity contribution >= 4 is 29.0 Å². The molecule has 1 aliphatic rings. The van der Waals surface area contributed by atoms with Crippen LogP contribution >= 0.6 is 11.6 Å². The normalized spacial score (nSPS) is 25.3. The van der Waals surface area contributed by atoms with E-state index in [0.717, 1.165) is 0 Å². The van der Waals surface area contributed by atoms with Crippen LogP contribution in [-0.4, -0.2) is 28.1 Å². The van der Waals surface area contributed by atoms with Crippen molar-refractivity contribution in [1.82, 2.24) is 0 Å². The Morgan fingerprint density at radius 3 is 1.88 bits per heavy atom. The first-order valence-electron chi connectivity index (χ1n) is 10.5. The number of benzene rings is 3. The van der Waals surface area contributed by atoms with Crippen molar-refractivity contribution < 1.29 is 19.5 Å². The molecule has 32 heavy (non-hydrogen) atoms. The summed E-state index contributed by atoms with van der Waals surface area (Å²) >= 11 is 6.07. The van der Waals surface area contributed by atoms with Crippen LogP contribution in [0.5, 0.6) is 0 Å². The molecule has 0 aromatic heterocycles. The lowest BCUT2D eigenvalue weighted by molar-refractivity contribution is -0.134. The van der Waals surface area contributed by atoms with Gasteiger partial charge in [-0.1, -0.05) is 84.4 Å². The third-order valence-electron chi connectivity index (χ3n) is 6.20. The lowest BCUT2D eigenvalue weighted by atomic mass is 9.58. The van der Waals surface area contributed by atoms with Gasteiger partial charge in [0.05, 0.1) is 17.4 Å². The zero-order valence-electron chi connectivity index (χ0n) is 17.6. The standard InChI is InChI=1S/C27H23ClO4/c1-27(32)16-21(29)23(25(30)18-8-4-2-5-9-18)22(17-12-14-20(28)15-13-17)24(27)26(31)19-10-6-3-7-11-19/h2-15,22-24,32H,16H2,1H3/t22-,23+,24+,27+/m1/s1. The number of hydrogen-bond donors (Lipinski definition) is 1. The van der Waals surface area contributed by atoms with Gasteiger partial charge in [0.25, 0.3) is 0 Å².